The summed E-state index contributed by atoms with van der Waals surface area (Å²) in [7, 11) is 0. The number of halogens is 1. The Hall–Kier alpha value is -2.92. The quantitative estimate of drug-likeness (QED) is 0.431. The first kappa shape index (κ1) is 16.0. The second-order valence-corrected chi connectivity index (χ2v) is 5.56. The number of nitrogen functional groups attached to an aromatic ring is 1. The van der Waals surface area contributed by atoms with Crippen LogP contribution in [0.1, 0.15) is 27.3 Å². The Kier molecular flexibility index (Phi) is 4.72. The van der Waals surface area contributed by atoms with Gasteiger partial charge in [-0.05, 0) is 35.4 Å². The summed E-state index contributed by atoms with van der Waals surface area (Å²) in [6, 6.07) is 19.9. The molecule has 0 bridgehead atoms. The molecular formula is C19H18FN3O. The Morgan fingerprint density at radius 2 is 1.67 bits per heavy atom. The molecule has 3 N–H and O–H groups in total. The van der Waals surface area contributed by atoms with Crippen LogP contribution in [-0.2, 0) is 13.0 Å². The van der Waals surface area contributed by atoms with Crippen molar-refractivity contribution in [3.05, 3.63) is 95.1 Å². The van der Waals surface area contributed by atoms with E-state index in [-0.39, 0.29) is 11.7 Å². The molecule has 5 heteroatoms. The minimum absolute atomic E-state index is 0.282. The number of aromatic nitrogens is 1. The van der Waals surface area contributed by atoms with Gasteiger partial charge in [-0.15, -0.1) is 0 Å². The van der Waals surface area contributed by atoms with Crippen molar-refractivity contribution in [2.75, 3.05) is 0 Å². The number of hydrogen-bond donors (Lipinski definition) is 2. The fraction of sp³-hybridized carbons (Fsp3) is 0.105. The zero-order valence-electron chi connectivity index (χ0n) is 13.1. The Bertz CT molecular complexity index is 826. The van der Waals surface area contributed by atoms with Gasteiger partial charge in [0, 0.05) is 18.7 Å². The molecule has 0 saturated heterocycles. The van der Waals surface area contributed by atoms with Crippen molar-refractivity contribution in [3.63, 3.8) is 0 Å². The highest BCUT2D eigenvalue weighted by Gasteiger charge is 2.15. The molecule has 0 aliphatic heterocycles. The van der Waals surface area contributed by atoms with Crippen molar-refractivity contribution in [1.29, 1.82) is 0 Å². The molecule has 3 aromatic rings. The SMILES string of the molecule is NNC(=O)c1ccc(Cc2ccccc2)n1Cc1ccc(F)cc1. The first-order chi connectivity index (χ1) is 11.7. The number of carbonyl (C=O) groups excluding carboxylic acids is 1. The molecule has 0 saturated carbocycles. The maximum atomic E-state index is 13.1. The van der Waals surface area contributed by atoms with Gasteiger partial charge < -0.3 is 4.57 Å². The Morgan fingerprint density at radius 3 is 2.33 bits per heavy atom. The summed E-state index contributed by atoms with van der Waals surface area (Å²) < 4.78 is 15.0. The van der Waals surface area contributed by atoms with E-state index in [1.165, 1.54) is 12.1 Å². The summed E-state index contributed by atoms with van der Waals surface area (Å²) in [4.78, 5) is 12.0. The minimum Gasteiger partial charge on any atom is -0.336 e. The van der Waals surface area contributed by atoms with Gasteiger partial charge in [0.05, 0.1) is 0 Å². The lowest BCUT2D eigenvalue weighted by atomic mass is 10.1. The van der Waals surface area contributed by atoms with E-state index < -0.39 is 0 Å². The molecule has 1 heterocycles. The number of carbonyl (C=O) groups is 1. The second-order valence-electron chi connectivity index (χ2n) is 5.56. The number of nitrogens with two attached hydrogens (primary N) is 1. The molecule has 4 nitrogen and oxygen atoms in total. The predicted octanol–water partition coefficient (Wildman–Crippen LogP) is 2.87. The van der Waals surface area contributed by atoms with Crippen LogP contribution in [-0.4, -0.2) is 10.5 Å². The van der Waals surface area contributed by atoms with Gasteiger partial charge >= 0.3 is 0 Å². The zero-order valence-corrected chi connectivity index (χ0v) is 13.1. The number of nitrogens with one attached hydrogen (secondary N) is 1. The maximum Gasteiger partial charge on any atom is 0.281 e. The van der Waals surface area contributed by atoms with E-state index in [0.29, 0.717) is 18.7 Å². The van der Waals surface area contributed by atoms with Gasteiger partial charge in [-0.2, -0.15) is 0 Å². The van der Waals surface area contributed by atoms with Gasteiger partial charge in [-0.25, -0.2) is 10.2 Å². The van der Waals surface area contributed by atoms with Crippen LogP contribution in [0.15, 0.2) is 66.7 Å². The molecule has 0 fully saturated rings. The van der Waals surface area contributed by atoms with Gasteiger partial charge in [-0.1, -0.05) is 42.5 Å². The highest BCUT2D eigenvalue weighted by molar-refractivity contribution is 5.92. The van der Waals surface area contributed by atoms with E-state index in [9.17, 15) is 9.18 Å². The number of amides is 1. The molecule has 3 rings (SSSR count). The lowest BCUT2D eigenvalue weighted by Crippen LogP contribution is -2.32. The molecule has 0 atom stereocenters. The van der Waals surface area contributed by atoms with E-state index in [2.05, 4.69) is 5.43 Å². The van der Waals surface area contributed by atoms with Gasteiger partial charge in [0.25, 0.3) is 5.91 Å². The molecule has 0 aliphatic rings. The van der Waals surface area contributed by atoms with Gasteiger partial charge in [0.1, 0.15) is 11.5 Å². The molecular weight excluding hydrogens is 305 g/mol. The lowest BCUT2D eigenvalue weighted by Gasteiger charge is -2.13. The molecule has 122 valence electrons. The third kappa shape index (κ3) is 3.52. The number of benzene rings is 2. The highest BCUT2D eigenvalue weighted by atomic mass is 19.1. The van der Waals surface area contributed by atoms with Crippen LogP contribution in [0, 0.1) is 5.82 Å². The van der Waals surface area contributed by atoms with Crippen molar-refractivity contribution in [2.24, 2.45) is 5.84 Å². The van der Waals surface area contributed by atoms with Crippen LogP contribution in [0.3, 0.4) is 0 Å². The third-order valence-corrected chi connectivity index (χ3v) is 3.92. The van der Waals surface area contributed by atoms with E-state index in [0.717, 1.165) is 16.8 Å². The summed E-state index contributed by atoms with van der Waals surface area (Å²) in [5.74, 6) is 4.65. The van der Waals surface area contributed by atoms with E-state index in [4.69, 9.17) is 5.84 Å². The Labute approximate surface area is 139 Å². The third-order valence-electron chi connectivity index (χ3n) is 3.92. The molecule has 2 aromatic carbocycles. The largest absolute Gasteiger partial charge is 0.336 e. The average Bonchev–Trinajstić information content (AvgIpc) is 2.99. The number of rotatable bonds is 5. The first-order valence-electron chi connectivity index (χ1n) is 7.65. The van der Waals surface area contributed by atoms with Crippen LogP contribution in [0.25, 0.3) is 0 Å². The number of hydrazine groups is 1. The van der Waals surface area contributed by atoms with Crippen molar-refractivity contribution in [2.45, 2.75) is 13.0 Å². The summed E-state index contributed by atoms with van der Waals surface area (Å²) in [6.45, 7) is 0.470. The Morgan fingerprint density at radius 1 is 0.958 bits per heavy atom. The van der Waals surface area contributed by atoms with Crippen LogP contribution >= 0.6 is 0 Å². The van der Waals surface area contributed by atoms with Gasteiger partial charge in [0.15, 0.2) is 0 Å². The summed E-state index contributed by atoms with van der Waals surface area (Å²) >= 11 is 0. The standard InChI is InChI=1S/C19H18FN3O/c20-16-8-6-15(7-9-16)13-23-17(10-11-18(23)19(24)22-21)12-14-4-2-1-3-5-14/h1-11H,12-13,21H2,(H,22,24). The molecule has 0 radical (unpaired) electrons. The van der Waals surface area contributed by atoms with Crippen LogP contribution in [0.2, 0.25) is 0 Å². The number of nitrogens with zero attached hydrogens (tertiary/aromatic N) is 1. The summed E-state index contributed by atoms with van der Waals surface area (Å²) in [5, 5.41) is 0. The predicted molar refractivity (Wildman–Crippen MR) is 90.8 cm³/mol. The van der Waals surface area contributed by atoms with Gasteiger partial charge in [0.2, 0.25) is 0 Å². The summed E-state index contributed by atoms with van der Waals surface area (Å²) in [6.07, 6.45) is 0.694. The fourth-order valence-electron chi connectivity index (χ4n) is 2.70. The molecule has 1 amide bonds. The van der Waals surface area contributed by atoms with E-state index in [1.807, 2.05) is 41.0 Å². The van der Waals surface area contributed by atoms with Gasteiger partial charge in [-0.3, -0.25) is 10.2 Å². The molecule has 1 aromatic heterocycles. The van der Waals surface area contributed by atoms with Crippen molar-refractivity contribution in [3.8, 4) is 0 Å². The first-order valence-corrected chi connectivity index (χ1v) is 7.65. The molecule has 0 spiro atoms. The average molecular weight is 323 g/mol. The normalized spacial score (nSPS) is 10.6. The molecule has 0 aliphatic carbocycles. The molecule has 24 heavy (non-hydrogen) atoms. The smallest absolute Gasteiger partial charge is 0.281 e. The number of hydrogen-bond acceptors (Lipinski definition) is 2. The monoisotopic (exact) mass is 323 g/mol. The maximum absolute atomic E-state index is 13.1. The lowest BCUT2D eigenvalue weighted by molar-refractivity contribution is 0.0944. The van der Waals surface area contributed by atoms with Crippen molar-refractivity contribution < 1.29 is 9.18 Å². The topological polar surface area (TPSA) is 60.0 Å². The second kappa shape index (κ2) is 7.10. The van der Waals surface area contributed by atoms with Crippen molar-refractivity contribution >= 4 is 5.91 Å². The Balaban J connectivity index is 1.95. The van der Waals surface area contributed by atoms with Crippen molar-refractivity contribution in [1.82, 2.24) is 9.99 Å². The van der Waals surface area contributed by atoms with Crippen LogP contribution < -0.4 is 11.3 Å². The summed E-state index contributed by atoms with van der Waals surface area (Å²) in [5.41, 5.74) is 5.70. The van der Waals surface area contributed by atoms with Crippen LogP contribution in [0.5, 0.6) is 0 Å². The van der Waals surface area contributed by atoms with E-state index >= 15 is 0 Å². The van der Waals surface area contributed by atoms with E-state index in [1.54, 1.807) is 18.2 Å². The molecule has 0 unspecified atom stereocenters. The minimum atomic E-state index is -0.351. The van der Waals surface area contributed by atoms with Crippen LogP contribution in [0.4, 0.5) is 4.39 Å². The zero-order chi connectivity index (χ0) is 16.9. The highest BCUT2D eigenvalue weighted by Crippen LogP contribution is 2.17. The fourth-order valence-corrected chi connectivity index (χ4v) is 2.70.